The summed E-state index contributed by atoms with van der Waals surface area (Å²) in [7, 11) is 0. The first-order chi connectivity index (χ1) is 7.88. The van der Waals surface area contributed by atoms with E-state index in [1.807, 2.05) is 18.2 Å². The summed E-state index contributed by atoms with van der Waals surface area (Å²) >= 11 is 5.75. The number of esters is 1. The third-order valence-electron chi connectivity index (χ3n) is 1.63. The topological polar surface area (TPSA) is 51.0 Å². The van der Waals surface area contributed by atoms with Crippen molar-refractivity contribution in [3.63, 3.8) is 0 Å². The first-order valence-corrected chi connectivity index (χ1v) is 5.65. The normalized spacial score (nSPS) is 13.6. The van der Waals surface area contributed by atoms with E-state index >= 15 is 0 Å². The summed E-state index contributed by atoms with van der Waals surface area (Å²) in [6, 6.07) is 9.05. The highest BCUT2D eigenvalue weighted by molar-refractivity contribution is 6.29. The van der Waals surface area contributed by atoms with Crippen LogP contribution in [0.2, 0.25) is 0 Å². The lowest BCUT2D eigenvalue weighted by atomic mass is 10.2. The van der Waals surface area contributed by atoms with Gasteiger partial charge in [0.05, 0.1) is 5.69 Å². The van der Waals surface area contributed by atoms with Gasteiger partial charge in [-0.25, -0.2) is 4.79 Å². The highest BCUT2D eigenvalue weighted by Gasteiger charge is 2.22. The molecular formula is C12H15ClN2O2. The minimum absolute atomic E-state index is 0.577. The summed E-state index contributed by atoms with van der Waals surface area (Å²) in [5.41, 5.74) is -1.05. The number of rotatable bonds is 3. The maximum atomic E-state index is 11.5. The van der Waals surface area contributed by atoms with E-state index in [4.69, 9.17) is 16.3 Å². The molecule has 0 aliphatic carbocycles. The van der Waals surface area contributed by atoms with Gasteiger partial charge in [-0.3, -0.25) is 0 Å². The van der Waals surface area contributed by atoms with E-state index in [1.165, 1.54) is 0 Å². The van der Waals surface area contributed by atoms with E-state index < -0.39 is 17.1 Å². The molecule has 0 heterocycles. The molecule has 4 nitrogen and oxygen atoms in total. The van der Waals surface area contributed by atoms with Gasteiger partial charge in [-0.05, 0) is 32.9 Å². The van der Waals surface area contributed by atoms with Gasteiger partial charge in [0.1, 0.15) is 5.60 Å². The quantitative estimate of drug-likeness (QED) is 0.358. The second kappa shape index (κ2) is 5.77. The second-order valence-corrected chi connectivity index (χ2v) is 4.83. The van der Waals surface area contributed by atoms with E-state index in [0.717, 1.165) is 0 Å². The van der Waals surface area contributed by atoms with Gasteiger partial charge in [-0.15, -0.1) is 0 Å². The summed E-state index contributed by atoms with van der Waals surface area (Å²) in [4.78, 5) is 11.5. The Kier molecular flexibility index (Phi) is 4.63. The molecule has 0 saturated heterocycles. The molecule has 0 radical (unpaired) electrons. The molecule has 0 fully saturated rings. The number of hydrogen-bond acceptors (Lipinski definition) is 4. The molecule has 92 valence electrons. The number of ether oxygens (including phenoxy) is 1. The van der Waals surface area contributed by atoms with Crippen LogP contribution in [0.15, 0.2) is 40.6 Å². The zero-order chi connectivity index (χ0) is 12.9. The number of halogens is 1. The molecule has 1 rings (SSSR count). The predicted molar refractivity (Wildman–Crippen MR) is 66.4 cm³/mol. The fourth-order valence-corrected chi connectivity index (χ4v) is 1.10. The van der Waals surface area contributed by atoms with Crippen LogP contribution in [0.4, 0.5) is 5.69 Å². The standard InChI is InChI=1S/C12H15ClN2O2/c1-12(2,3)17-11(16)10(13)15-14-9-7-5-4-6-8-9/h4-8,10H,1-3H3. The maximum absolute atomic E-state index is 11.5. The zero-order valence-corrected chi connectivity index (χ0v) is 10.8. The molecule has 1 aromatic rings. The number of hydrogen-bond donors (Lipinski definition) is 0. The Bertz CT molecular complexity index is 399. The van der Waals surface area contributed by atoms with Crippen LogP contribution in [-0.4, -0.2) is 17.1 Å². The van der Waals surface area contributed by atoms with Gasteiger partial charge in [0.15, 0.2) is 0 Å². The Morgan fingerprint density at radius 2 is 1.88 bits per heavy atom. The largest absolute Gasteiger partial charge is 0.457 e. The van der Waals surface area contributed by atoms with E-state index in [9.17, 15) is 4.79 Å². The molecule has 1 atom stereocenters. The molecule has 0 bridgehead atoms. The molecule has 0 aliphatic heterocycles. The lowest BCUT2D eigenvalue weighted by molar-refractivity contribution is -0.154. The number of benzene rings is 1. The van der Waals surface area contributed by atoms with Gasteiger partial charge in [-0.2, -0.15) is 10.2 Å². The SMILES string of the molecule is CC(C)(C)OC(=O)C(Cl)N=Nc1ccccc1. The Balaban J connectivity index is 2.58. The van der Waals surface area contributed by atoms with Crippen molar-refractivity contribution in [2.45, 2.75) is 31.9 Å². The summed E-state index contributed by atoms with van der Waals surface area (Å²) in [5.74, 6) is -0.598. The van der Waals surface area contributed by atoms with Crippen molar-refractivity contribution in [2.75, 3.05) is 0 Å². The molecule has 1 aromatic carbocycles. The molecule has 0 saturated carbocycles. The molecule has 17 heavy (non-hydrogen) atoms. The highest BCUT2D eigenvalue weighted by atomic mass is 35.5. The highest BCUT2D eigenvalue weighted by Crippen LogP contribution is 2.15. The molecule has 0 N–H and O–H groups in total. The van der Waals surface area contributed by atoms with Crippen molar-refractivity contribution in [1.82, 2.24) is 0 Å². The number of nitrogens with zero attached hydrogens (tertiary/aromatic N) is 2. The fourth-order valence-electron chi connectivity index (χ4n) is 1.01. The van der Waals surface area contributed by atoms with Crippen LogP contribution in [0.1, 0.15) is 20.8 Å². The Labute approximate surface area is 106 Å². The summed E-state index contributed by atoms with van der Waals surface area (Å²) < 4.78 is 5.06. The van der Waals surface area contributed by atoms with E-state index in [1.54, 1.807) is 32.9 Å². The van der Waals surface area contributed by atoms with Crippen molar-refractivity contribution >= 4 is 23.3 Å². The van der Waals surface area contributed by atoms with Crippen molar-refractivity contribution in [3.8, 4) is 0 Å². The second-order valence-electron chi connectivity index (χ2n) is 4.42. The average Bonchev–Trinajstić information content (AvgIpc) is 2.25. The first-order valence-electron chi connectivity index (χ1n) is 5.21. The average molecular weight is 255 g/mol. The van der Waals surface area contributed by atoms with Crippen LogP contribution < -0.4 is 0 Å². The molecular weight excluding hydrogens is 240 g/mol. The third-order valence-corrected chi connectivity index (χ3v) is 1.90. The van der Waals surface area contributed by atoms with E-state index in [-0.39, 0.29) is 0 Å². The first kappa shape index (κ1) is 13.6. The van der Waals surface area contributed by atoms with Crippen molar-refractivity contribution in [3.05, 3.63) is 30.3 Å². The van der Waals surface area contributed by atoms with E-state index in [2.05, 4.69) is 10.2 Å². The molecule has 0 amide bonds. The van der Waals surface area contributed by atoms with Crippen molar-refractivity contribution in [2.24, 2.45) is 10.2 Å². The number of alkyl halides is 1. The molecule has 0 spiro atoms. The number of carbonyl (C=O) groups excluding carboxylic acids is 1. The van der Waals surface area contributed by atoms with Gasteiger partial charge < -0.3 is 4.74 Å². The Morgan fingerprint density at radius 3 is 2.41 bits per heavy atom. The van der Waals surface area contributed by atoms with Gasteiger partial charge in [0.2, 0.25) is 5.50 Å². The van der Waals surface area contributed by atoms with Crippen LogP contribution in [0.25, 0.3) is 0 Å². The van der Waals surface area contributed by atoms with Crippen LogP contribution in [0.3, 0.4) is 0 Å². The lowest BCUT2D eigenvalue weighted by Gasteiger charge is -2.19. The Morgan fingerprint density at radius 1 is 1.29 bits per heavy atom. The van der Waals surface area contributed by atoms with Gasteiger partial charge in [-0.1, -0.05) is 29.8 Å². The summed E-state index contributed by atoms with van der Waals surface area (Å²) in [6.45, 7) is 5.30. The minimum atomic E-state index is -1.12. The third kappa shape index (κ3) is 5.45. The van der Waals surface area contributed by atoms with Crippen LogP contribution in [-0.2, 0) is 9.53 Å². The van der Waals surface area contributed by atoms with Gasteiger partial charge in [0.25, 0.3) is 0 Å². The monoisotopic (exact) mass is 254 g/mol. The molecule has 0 aliphatic rings. The molecule has 1 unspecified atom stereocenters. The molecule has 0 aromatic heterocycles. The summed E-state index contributed by atoms with van der Waals surface area (Å²) in [5, 5.41) is 7.54. The maximum Gasteiger partial charge on any atom is 0.348 e. The van der Waals surface area contributed by atoms with Gasteiger partial charge >= 0.3 is 5.97 Å². The molecule has 5 heteroatoms. The van der Waals surface area contributed by atoms with Crippen molar-refractivity contribution < 1.29 is 9.53 Å². The smallest absolute Gasteiger partial charge is 0.348 e. The zero-order valence-electron chi connectivity index (χ0n) is 10.1. The van der Waals surface area contributed by atoms with Crippen LogP contribution >= 0.6 is 11.6 Å². The lowest BCUT2D eigenvalue weighted by Crippen LogP contribution is -2.28. The van der Waals surface area contributed by atoms with Gasteiger partial charge in [0, 0.05) is 0 Å². The van der Waals surface area contributed by atoms with E-state index in [0.29, 0.717) is 5.69 Å². The predicted octanol–water partition coefficient (Wildman–Crippen LogP) is 3.68. The Hall–Kier alpha value is -1.42. The van der Waals surface area contributed by atoms with Crippen LogP contribution in [0.5, 0.6) is 0 Å². The number of azo groups is 1. The van der Waals surface area contributed by atoms with Crippen LogP contribution in [0, 0.1) is 0 Å². The fraction of sp³-hybridized carbons (Fsp3) is 0.417. The minimum Gasteiger partial charge on any atom is -0.457 e. The van der Waals surface area contributed by atoms with Crippen molar-refractivity contribution in [1.29, 1.82) is 0 Å². The number of carbonyl (C=O) groups is 1. The summed E-state index contributed by atoms with van der Waals surface area (Å²) in [6.07, 6.45) is 0.